The number of ketones is 1. The average Bonchev–Trinajstić information content (AvgIpc) is 3.61. The first-order valence-electron chi connectivity index (χ1n) is 13.1. The number of rotatable bonds is 9. The second-order valence-electron chi connectivity index (χ2n) is 9.80. The van der Waals surface area contributed by atoms with Crippen molar-refractivity contribution in [2.75, 3.05) is 18.1 Å². The van der Waals surface area contributed by atoms with E-state index in [0.29, 0.717) is 41.0 Å². The van der Waals surface area contributed by atoms with Crippen LogP contribution in [0, 0.1) is 6.92 Å². The van der Waals surface area contributed by atoms with Gasteiger partial charge >= 0.3 is 0 Å². The Morgan fingerprint density at radius 1 is 1.05 bits per heavy atom. The zero-order chi connectivity index (χ0) is 27.4. The van der Waals surface area contributed by atoms with E-state index >= 15 is 0 Å². The second kappa shape index (κ2) is 11.6. The van der Waals surface area contributed by atoms with Crippen LogP contribution in [-0.2, 0) is 20.9 Å². The number of fused-ring (bicyclic) bond motifs is 1. The van der Waals surface area contributed by atoms with Crippen LogP contribution in [0.2, 0.25) is 0 Å². The summed E-state index contributed by atoms with van der Waals surface area (Å²) in [5, 5.41) is 11.4. The summed E-state index contributed by atoms with van der Waals surface area (Å²) in [5.41, 5.74) is 4.10. The van der Waals surface area contributed by atoms with Gasteiger partial charge in [0.15, 0.2) is 5.78 Å². The van der Waals surface area contributed by atoms with E-state index in [0.717, 1.165) is 18.4 Å². The number of carbonyl (C=O) groups excluding carboxylic acids is 3. The lowest BCUT2D eigenvalue weighted by molar-refractivity contribution is -0.127. The third-order valence-corrected chi connectivity index (χ3v) is 6.95. The Morgan fingerprint density at radius 3 is 2.49 bits per heavy atom. The lowest BCUT2D eigenvalue weighted by atomic mass is 10.0. The summed E-state index contributed by atoms with van der Waals surface area (Å²) in [4.78, 5) is 41.3. The third kappa shape index (κ3) is 5.88. The molecule has 2 atom stereocenters. The Labute approximate surface area is 226 Å². The highest BCUT2D eigenvalue weighted by atomic mass is 16.5. The molecule has 5 rings (SSSR count). The number of anilines is 1. The summed E-state index contributed by atoms with van der Waals surface area (Å²) in [7, 11) is 0. The van der Waals surface area contributed by atoms with Crippen molar-refractivity contribution in [1.82, 2.24) is 20.3 Å². The smallest absolute Gasteiger partial charge is 0.249 e. The van der Waals surface area contributed by atoms with Crippen molar-refractivity contribution in [3.63, 3.8) is 0 Å². The van der Waals surface area contributed by atoms with Gasteiger partial charge < -0.3 is 10.1 Å². The van der Waals surface area contributed by atoms with Gasteiger partial charge in [0, 0.05) is 24.4 Å². The zero-order valence-electron chi connectivity index (χ0n) is 22.0. The van der Waals surface area contributed by atoms with E-state index in [-0.39, 0.29) is 30.2 Å². The van der Waals surface area contributed by atoms with Gasteiger partial charge in [-0.25, -0.2) is 4.68 Å². The van der Waals surface area contributed by atoms with Gasteiger partial charge in [0.25, 0.3) is 0 Å². The van der Waals surface area contributed by atoms with Crippen LogP contribution in [0.3, 0.4) is 0 Å². The highest BCUT2D eigenvalue weighted by Gasteiger charge is 2.34. The molecule has 1 saturated heterocycles. The van der Waals surface area contributed by atoms with Crippen molar-refractivity contribution in [2.24, 2.45) is 0 Å². The van der Waals surface area contributed by atoms with E-state index in [1.807, 2.05) is 55.5 Å². The van der Waals surface area contributed by atoms with Gasteiger partial charge in [0.05, 0.1) is 11.6 Å². The first-order valence-corrected chi connectivity index (χ1v) is 13.1. The predicted octanol–water partition coefficient (Wildman–Crippen LogP) is 4.01. The molecule has 1 aliphatic rings. The summed E-state index contributed by atoms with van der Waals surface area (Å²) in [6, 6.07) is 20.7. The minimum atomic E-state index is -0.961. The lowest BCUT2D eigenvalue weighted by Gasteiger charge is -2.32. The van der Waals surface area contributed by atoms with E-state index in [2.05, 4.69) is 15.6 Å². The molecule has 9 heteroatoms. The molecule has 4 aromatic rings. The lowest BCUT2D eigenvalue weighted by Crippen LogP contribution is -2.46. The summed E-state index contributed by atoms with van der Waals surface area (Å²) < 4.78 is 7.23. The van der Waals surface area contributed by atoms with Crippen molar-refractivity contribution < 1.29 is 19.1 Å². The minimum Gasteiger partial charge on any atom is -0.376 e. The quantitative estimate of drug-likeness (QED) is 0.331. The molecule has 0 bridgehead atoms. The number of nitrogens with zero attached hydrogens (tertiary/aromatic N) is 4. The summed E-state index contributed by atoms with van der Waals surface area (Å²) in [5.74, 6) is -0.751. The molecular formula is C30H31N5O4. The number of hydrogen-bond donors (Lipinski definition) is 1. The average molecular weight is 526 g/mol. The molecule has 1 N–H and O–H groups in total. The van der Waals surface area contributed by atoms with Gasteiger partial charge in [-0.1, -0.05) is 47.2 Å². The van der Waals surface area contributed by atoms with E-state index in [1.165, 1.54) is 16.5 Å². The highest BCUT2D eigenvalue weighted by molar-refractivity contribution is 6.02. The van der Waals surface area contributed by atoms with Crippen LogP contribution < -0.4 is 10.2 Å². The number of hydrogen-bond acceptors (Lipinski definition) is 6. The molecule has 1 aromatic heterocycles. The number of carbonyl (C=O) groups is 3. The molecule has 0 spiro atoms. The van der Waals surface area contributed by atoms with E-state index < -0.39 is 6.04 Å². The van der Waals surface area contributed by atoms with Crippen LogP contribution >= 0.6 is 0 Å². The standard InChI is InChI=1S/C30H31N5O4/c1-20-9-11-23(12-10-20)29(30(38)31-18-25-6-5-17-39-25)35(24-15-13-22(14-16-24)21(2)36)28(37)19-34-27-8-4-3-7-26(27)32-33-34/h3-4,7-16,25,29H,5-6,17-19H2,1-2H3,(H,31,38)/t25-,29-/m0/s1. The maximum Gasteiger partial charge on any atom is 0.249 e. The fourth-order valence-electron chi connectivity index (χ4n) is 4.82. The van der Waals surface area contributed by atoms with E-state index in [1.54, 1.807) is 24.3 Å². The second-order valence-corrected chi connectivity index (χ2v) is 9.80. The van der Waals surface area contributed by atoms with Gasteiger partial charge in [-0.05, 0) is 68.7 Å². The fourth-order valence-corrected chi connectivity index (χ4v) is 4.82. The molecule has 2 amide bonds. The van der Waals surface area contributed by atoms with Gasteiger partial charge in [-0.2, -0.15) is 0 Å². The molecule has 0 unspecified atom stereocenters. The van der Waals surface area contributed by atoms with Gasteiger partial charge in [0.2, 0.25) is 11.8 Å². The summed E-state index contributed by atoms with van der Waals surface area (Å²) in [6.45, 7) is 4.37. The molecule has 1 aliphatic heterocycles. The first-order chi connectivity index (χ1) is 18.9. The molecule has 0 aliphatic carbocycles. The molecule has 3 aromatic carbocycles. The summed E-state index contributed by atoms with van der Waals surface area (Å²) >= 11 is 0. The Balaban J connectivity index is 1.54. The molecule has 9 nitrogen and oxygen atoms in total. The number of ether oxygens (including phenoxy) is 1. The summed E-state index contributed by atoms with van der Waals surface area (Å²) in [6.07, 6.45) is 1.79. The number of benzene rings is 3. The molecule has 0 radical (unpaired) electrons. The van der Waals surface area contributed by atoms with Crippen molar-refractivity contribution in [3.8, 4) is 0 Å². The molecule has 1 fully saturated rings. The van der Waals surface area contributed by atoms with Crippen LogP contribution in [0.25, 0.3) is 11.0 Å². The highest BCUT2D eigenvalue weighted by Crippen LogP contribution is 2.30. The van der Waals surface area contributed by atoms with Crippen molar-refractivity contribution in [2.45, 2.75) is 45.4 Å². The SMILES string of the molecule is CC(=O)c1ccc(N(C(=O)Cn2nnc3ccccc32)[C@H](C(=O)NC[C@@H]2CCCO2)c2ccc(C)cc2)cc1. The van der Waals surface area contributed by atoms with Crippen LogP contribution in [0.1, 0.15) is 47.3 Å². The van der Waals surface area contributed by atoms with Gasteiger partial charge in [0.1, 0.15) is 18.1 Å². The number of aryl methyl sites for hydroxylation is 1. The molecule has 2 heterocycles. The largest absolute Gasteiger partial charge is 0.376 e. The first kappa shape index (κ1) is 26.2. The Bertz CT molecular complexity index is 1470. The van der Waals surface area contributed by atoms with Gasteiger partial charge in [-0.3, -0.25) is 19.3 Å². The predicted molar refractivity (Wildman–Crippen MR) is 147 cm³/mol. The van der Waals surface area contributed by atoms with Crippen LogP contribution in [0.4, 0.5) is 5.69 Å². The number of aromatic nitrogens is 3. The molecule has 0 saturated carbocycles. The number of Topliss-reactive ketones (excluding diaryl/α,β-unsaturated/α-hetero) is 1. The Kier molecular flexibility index (Phi) is 7.79. The number of nitrogens with one attached hydrogen (secondary N) is 1. The van der Waals surface area contributed by atoms with Crippen LogP contribution in [-0.4, -0.2) is 51.8 Å². The molecule has 200 valence electrons. The number of para-hydroxylation sites is 1. The van der Waals surface area contributed by atoms with Crippen molar-refractivity contribution in [3.05, 3.63) is 89.5 Å². The number of amides is 2. The van der Waals surface area contributed by atoms with E-state index in [9.17, 15) is 14.4 Å². The van der Waals surface area contributed by atoms with Crippen LogP contribution in [0.5, 0.6) is 0 Å². The topological polar surface area (TPSA) is 106 Å². The molecular weight excluding hydrogens is 494 g/mol. The molecule has 39 heavy (non-hydrogen) atoms. The van der Waals surface area contributed by atoms with E-state index in [4.69, 9.17) is 4.74 Å². The van der Waals surface area contributed by atoms with Gasteiger partial charge in [-0.15, -0.1) is 5.10 Å². The minimum absolute atomic E-state index is 0.0480. The maximum absolute atomic E-state index is 14.1. The monoisotopic (exact) mass is 525 g/mol. The van der Waals surface area contributed by atoms with Crippen LogP contribution in [0.15, 0.2) is 72.8 Å². The third-order valence-electron chi connectivity index (χ3n) is 6.95. The normalized spacial score (nSPS) is 15.7. The van der Waals surface area contributed by atoms with Crippen molar-refractivity contribution in [1.29, 1.82) is 0 Å². The van der Waals surface area contributed by atoms with Crippen molar-refractivity contribution >= 4 is 34.3 Å². The Hall–Kier alpha value is -4.37. The fraction of sp³-hybridized carbons (Fsp3) is 0.300. The Morgan fingerprint density at radius 2 is 1.79 bits per heavy atom. The maximum atomic E-state index is 14.1. The zero-order valence-corrected chi connectivity index (χ0v) is 22.0.